The van der Waals surface area contributed by atoms with Gasteiger partial charge in [0.1, 0.15) is 10.9 Å². The maximum atomic E-state index is 13.9. The molecule has 6 nitrogen and oxygen atoms in total. The van der Waals surface area contributed by atoms with Crippen molar-refractivity contribution in [2.75, 3.05) is 13.6 Å². The van der Waals surface area contributed by atoms with E-state index >= 15 is 0 Å². The van der Waals surface area contributed by atoms with Crippen LogP contribution in [0.2, 0.25) is 0 Å². The highest BCUT2D eigenvalue weighted by Gasteiger charge is 2.39. The van der Waals surface area contributed by atoms with Gasteiger partial charge in [-0.1, -0.05) is 30.3 Å². The van der Waals surface area contributed by atoms with Crippen LogP contribution in [0.5, 0.6) is 0 Å². The Bertz CT molecular complexity index is 1330. The summed E-state index contributed by atoms with van der Waals surface area (Å²) in [4.78, 5) is 16.1. The average molecular weight is 514 g/mol. The molecule has 1 aliphatic rings. The minimum absolute atomic E-state index is 0.00317. The van der Waals surface area contributed by atoms with Crippen LogP contribution in [0.3, 0.4) is 0 Å². The third-order valence-corrected chi connectivity index (χ3v) is 7.38. The van der Waals surface area contributed by atoms with Crippen molar-refractivity contribution in [2.45, 2.75) is 45.1 Å². The van der Waals surface area contributed by atoms with E-state index in [1.54, 1.807) is 55.3 Å². The van der Waals surface area contributed by atoms with Crippen molar-refractivity contribution < 1.29 is 18.0 Å². The van der Waals surface area contributed by atoms with Gasteiger partial charge in [0.2, 0.25) is 5.91 Å². The molecule has 4 rings (SSSR count). The Balaban J connectivity index is 1.82. The molecule has 0 radical (unpaired) electrons. The van der Waals surface area contributed by atoms with Gasteiger partial charge in [0, 0.05) is 47.8 Å². The van der Waals surface area contributed by atoms with E-state index in [1.165, 1.54) is 28.3 Å². The second-order valence-electron chi connectivity index (χ2n) is 8.64. The van der Waals surface area contributed by atoms with Crippen molar-refractivity contribution in [3.63, 3.8) is 0 Å². The number of amides is 1. The maximum absolute atomic E-state index is 13.9. The Morgan fingerprint density at radius 1 is 1.33 bits per heavy atom. The van der Waals surface area contributed by atoms with E-state index in [-0.39, 0.29) is 24.1 Å². The van der Waals surface area contributed by atoms with Crippen LogP contribution in [-0.2, 0) is 24.1 Å². The Labute approximate surface area is 211 Å². The molecule has 188 valence electrons. The quantitative estimate of drug-likeness (QED) is 0.462. The van der Waals surface area contributed by atoms with Crippen molar-refractivity contribution >= 4 is 17.2 Å². The number of nitrogens with zero attached hydrogens (tertiary/aromatic N) is 4. The number of nitriles is 1. The number of likely N-dealkylation sites (N-methyl/N-ethyl adjacent to an activating group) is 1. The number of hydrogen-bond donors (Lipinski definition) is 1. The summed E-state index contributed by atoms with van der Waals surface area (Å²) < 4.78 is 43.0. The lowest BCUT2D eigenvalue weighted by atomic mass is 9.83. The molecule has 0 spiro atoms. The summed E-state index contributed by atoms with van der Waals surface area (Å²) in [6, 6.07) is 10.9. The van der Waals surface area contributed by atoms with Crippen LogP contribution in [0.15, 0.2) is 48.7 Å². The standard InChI is InChI=1S/C26H26F3N5OS/c1-4-34-14-22(25(32-34)26(27,28)29)19-8-6-5-7-18(19)21-13-33(24(35)10-9-16(2)31-3)15-23-20(21)11-17(12-30)36-23/h5-11,14,16,21,31H,4,13,15H2,1-3H3/b10-9+/t16?,21-/m0/s1. The van der Waals surface area contributed by atoms with E-state index < -0.39 is 17.8 Å². The van der Waals surface area contributed by atoms with Gasteiger partial charge >= 0.3 is 6.18 Å². The average Bonchev–Trinajstić information content (AvgIpc) is 3.50. The summed E-state index contributed by atoms with van der Waals surface area (Å²) in [6.07, 6.45) is 0.0872. The summed E-state index contributed by atoms with van der Waals surface area (Å²) in [5, 5.41) is 16.3. The summed E-state index contributed by atoms with van der Waals surface area (Å²) in [5.74, 6) is -0.583. The van der Waals surface area contributed by atoms with Crippen LogP contribution in [0.1, 0.15) is 46.3 Å². The molecule has 0 bridgehead atoms. The number of carbonyl (C=O) groups excluding carboxylic acids is 1. The van der Waals surface area contributed by atoms with Crippen LogP contribution in [-0.4, -0.2) is 40.2 Å². The first-order chi connectivity index (χ1) is 17.2. The fourth-order valence-corrected chi connectivity index (χ4v) is 5.41. The Morgan fingerprint density at radius 3 is 2.75 bits per heavy atom. The van der Waals surface area contributed by atoms with Crippen LogP contribution in [0, 0.1) is 11.3 Å². The number of aryl methyl sites for hydroxylation is 1. The molecule has 3 heterocycles. The number of nitrogens with one attached hydrogen (secondary N) is 1. The van der Waals surface area contributed by atoms with Crippen molar-refractivity contribution in [2.24, 2.45) is 0 Å². The van der Waals surface area contributed by atoms with Gasteiger partial charge < -0.3 is 10.2 Å². The molecule has 10 heteroatoms. The first-order valence-electron chi connectivity index (χ1n) is 11.6. The normalized spacial score (nSPS) is 16.7. The third-order valence-electron chi connectivity index (χ3n) is 6.34. The van der Waals surface area contributed by atoms with Crippen LogP contribution in [0.25, 0.3) is 11.1 Å². The van der Waals surface area contributed by atoms with E-state index in [0.29, 0.717) is 29.1 Å². The number of thiophene rings is 1. The van der Waals surface area contributed by atoms with Gasteiger partial charge in [-0.2, -0.15) is 23.5 Å². The zero-order valence-electron chi connectivity index (χ0n) is 20.1. The van der Waals surface area contributed by atoms with Gasteiger partial charge in [-0.3, -0.25) is 9.48 Å². The van der Waals surface area contributed by atoms with Gasteiger partial charge in [0.15, 0.2) is 5.69 Å². The Morgan fingerprint density at radius 2 is 2.08 bits per heavy atom. The van der Waals surface area contributed by atoms with Crippen molar-refractivity contribution in [3.8, 4) is 17.2 Å². The molecule has 1 aliphatic heterocycles. The SMILES string of the molecule is CCn1cc(-c2ccccc2[C@@H]2CN(C(=O)/C=C/C(C)NC)Cc3sc(C#N)cc32)c(C(F)(F)F)n1. The van der Waals surface area contributed by atoms with Gasteiger partial charge in [-0.25, -0.2) is 0 Å². The molecular weight excluding hydrogens is 487 g/mol. The van der Waals surface area contributed by atoms with Crippen molar-refractivity contribution in [3.05, 3.63) is 75.3 Å². The lowest BCUT2D eigenvalue weighted by molar-refractivity contribution is -0.141. The smallest absolute Gasteiger partial charge is 0.333 e. The topological polar surface area (TPSA) is 74.0 Å². The minimum Gasteiger partial charge on any atom is -0.333 e. The molecule has 0 saturated carbocycles. The maximum Gasteiger partial charge on any atom is 0.435 e. The zero-order valence-corrected chi connectivity index (χ0v) is 21.0. The predicted molar refractivity (Wildman–Crippen MR) is 132 cm³/mol. The molecule has 2 aromatic heterocycles. The second-order valence-corrected chi connectivity index (χ2v) is 9.78. The van der Waals surface area contributed by atoms with Crippen LogP contribution in [0.4, 0.5) is 13.2 Å². The number of hydrogen-bond acceptors (Lipinski definition) is 5. The first kappa shape index (κ1) is 25.7. The Hall–Kier alpha value is -3.42. The molecule has 1 aromatic carbocycles. The molecule has 1 unspecified atom stereocenters. The number of benzene rings is 1. The van der Waals surface area contributed by atoms with E-state index in [2.05, 4.69) is 16.5 Å². The van der Waals surface area contributed by atoms with E-state index in [4.69, 9.17) is 0 Å². The number of carbonyl (C=O) groups is 1. The molecular formula is C26H26F3N5OS. The highest BCUT2D eigenvalue weighted by atomic mass is 32.1. The second kappa shape index (κ2) is 10.3. The molecule has 0 aliphatic carbocycles. The summed E-state index contributed by atoms with van der Waals surface area (Å²) in [5.41, 5.74) is 1.01. The number of fused-ring (bicyclic) bond motifs is 1. The number of rotatable bonds is 6. The summed E-state index contributed by atoms with van der Waals surface area (Å²) >= 11 is 1.31. The zero-order chi connectivity index (χ0) is 26.0. The van der Waals surface area contributed by atoms with Gasteiger partial charge in [0.05, 0.1) is 6.54 Å². The highest BCUT2D eigenvalue weighted by Crippen LogP contribution is 2.44. The van der Waals surface area contributed by atoms with E-state index in [1.807, 2.05) is 6.92 Å². The predicted octanol–water partition coefficient (Wildman–Crippen LogP) is 5.16. The first-order valence-corrected chi connectivity index (χ1v) is 12.4. The molecule has 36 heavy (non-hydrogen) atoms. The Kier molecular flexibility index (Phi) is 7.33. The minimum atomic E-state index is -4.62. The van der Waals surface area contributed by atoms with Crippen molar-refractivity contribution in [1.29, 1.82) is 5.26 Å². The van der Waals surface area contributed by atoms with E-state index in [9.17, 15) is 23.2 Å². The molecule has 3 aromatic rings. The largest absolute Gasteiger partial charge is 0.435 e. The van der Waals surface area contributed by atoms with Gasteiger partial charge in [-0.05, 0) is 43.7 Å². The summed E-state index contributed by atoms with van der Waals surface area (Å²) in [6.45, 7) is 4.58. The molecule has 1 amide bonds. The molecule has 1 N–H and O–H groups in total. The molecule has 0 saturated heterocycles. The lowest BCUT2D eigenvalue weighted by Gasteiger charge is -2.33. The molecule has 2 atom stereocenters. The lowest BCUT2D eigenvalue weighted by Crippen LogP contribution is -2.37. The fourth-order valence-electron chi connectivity index (χ4n) is 4.37. The number of alkyl halides is 3. The highest BCUT2D eigenvalue weighted by molar-refractivity contribution is 7.12. The van der Waals surface area contributed by atoms with Crippen LogP contribution >= 0.6 is 11.3 Å². The van der Waals surface area contributed by atoms with Gasteiger partial charge in [0.25, 0.3) is 0 Å². The number of aromatic nitrogens is 2. The molecule has 0 fully saturated rings. The van der Waals surface area contributed by atoms with E-state index in [0.717, 1.165) is 10.4 Å². The monoisotopic (exact) mass is 513 g/mol. The third kappa shape index (κ3) is 5.08. The summed E-state index contributed by atoms with van der Waals surface area (Å²) in [7, 11) is 1.80. The van der Waals surface area contributed by atoms with Crippen LogP contribution < -0.4 is 5.32 Å². The fraction of sp³-hybridized carbons (Fsp3) is 0.346. The number of halogens is 3. The van der Waals surface area contributed by atoms with Gasteiger partial charge in [-0.15, -0.1) is 11.3 Å². The van der Waals surface area contributed by atoms with Crippen molar-refractivity contribution in [1.82, 2.24) is 20.0 Å².